The van der Waals surface area contributed by atoms with Crippen molar-refractivity contribution in [1.29, 1.82) is 0 Å². The van der Waals surface area contributed by atoms with Crippen LogP contribution in [0.15, 0.2) is 23.3 Å². The summed E-state index contributed by atoms with van der Waals surface area (Å²) in [5, 5.41) is 4.32. The SMILES string of the molecule is COc1ccc(OC)c(C=NNc2nc(N3CCOCC3)nc(N3CCOCC3)n2)c1. The predicted molar refractivity (Wildman–Crippen MR) is 117 cm³/mol. The van der Waals surface area contributed by atoms with Crippen LogP contribution in [0.1, 0.15) is 5.56 Å². The quantitative estimate of drug-likeness (QED) is 0.506. The molecule has 2 aliphatic heterocycles. The fourth-order valence-electron chi connectivity index (χ4n) is 3.31. The van der Waals surface area contributed by atoms with Crippen molar-refractivity contribution in [2.24, 2.45) is 5.10 Å². The Hall–Kier alpha value is -3.18. The maximum Gasteiger partial charge on any atom is 0.250 e. The van der Waals surface area contributed by atoms with E-state index in [4.69, 9.17) is 18.9 Å². The van der Waals surface area contributed by atoms with Crippen molar-refractivity contribution in [2.75, 3.05) is 82.1 Å². The molecule has 4 rings (SSSR count). The number of anilines is 3. The number of ether oxygens (including phenoxy) is 4. The average molecular weight is 429 g/mol. The summed E-state index contributed by atoms with van der Waals surface area (Å²) >= 11 is 0. The van der Waals surface area contributed by atoms with Gasteiger partial charge < -0.3 is 28.7 Å². The molecule has 2 aliphatic rings. The summed E-state index contributed by atoms with van der Waals surface area (Å²) in [5.41, 5.74) is 3.70. The summed E-state index contributed by atoms with van der Waals surface area (Å²) in [7, 11) is 3.23. The van der Waals surface area contributed by atoms with E-state index < -0.39 is 0 Å². The number of aromatic nitrogens is 3. The molecule has 2 saturated heterocycles. The highest BCUT2D eigenvalue weighted by Crippen LogP contribution is 2.23. The molecule has 2 aromatic rings. The fourth-order valence-corrected chi connectivity index (χ4v) is 3.31. The van der Waals surface area contributed by atoms with Crippen molar-refractivity contribution in [1.82, 2.24) is 15.0 Å². The third-order valence-electron chi connectivity index (χ3n) is 5.00. The van der Waals surface area contributed by atoms with E-state index in [1.165, 1.54) is 0 Å². The van der Waals surface area contributed by atoms with E-state index in [1.54, 1.807) is 20.4 Å². The number of methoxy groups -OCH3 is 2. The Kier molecular flexibility index (Phi) is 6.95. The zero-order valence-corrected chi connectivity index (χ0v) is 17.8. The highest BCUT2D eigenvalue weighted by atomic mass is 16.5. The maximum atomic E-state index is 5.45. The minimum atomic E-state index is 0.371. The van der Waals surface area contributed by atoms with Crippen LogP contribution in [-0.2, 0) is 9.47 Å². The molecule has 0 unspecified atom stereocenters. The van der Waals surface area contributed by atoms with Crippen molar-refractivity contribution in [3.8, 4) is 11.5 Å². The lowest BCUT2D eigenvalue weighted by Gasteiger charge is -2.30. The number of morpholine rings is 2. The molecule has 0 amide bonds. The Morgan fingerprint density at radius 1 is 0.903 bits per heavy atom. The number of nitrogens with one attached hydrogen (secondary N) is 1. The van der Waals surface area contributed by atoms with Crippen LogP contribution in [0.5, 0.6) is 11.5 Å². The van der Waals surface area contributed by atoms with Crippen molar-refractivity contribution in [3.05, 3.63) is 23.8 Å². The lowest BCUT2D eigenvalue weighted by atomic mass is 10.2. The van der Waals surface area contributed by atoms with Gasteiger partial charge in [0.25, 0.3) is 0 Å². The van der Waals surface area contributed by atoms with Crippen LogP contribution in [0.3, 0.4) is 0 Å². The topological polar surface area (TPSA) is 106 Å². The molecule has 1 aromatic carbocycles. The second-order valence-electron chi connectivity index (χ2n) is 6.94. The Labute approximate surface area is 181 Å². The molecule has 0 bridgehead atoms. The van der Waals surface area contributed by atoms with Gasteiger partial charge in [-0.1, -0.05) is 0 Å². The average Bonchev–Trinajstić information content (AvgIpc) is 2.85. The first-order valence-electron chi connectivity index (χ1n) is 10.2. The molecule has 31 heavy (non-hydrogen) atoms. The molecule has 3 heterocycles. The van der Waals surface area contributed by atoms with Crippen LogP contribution in [0.25, 0.3) is 0 Å². The van der Waals surface area contributed by atoms with Crippen LogP contribution in [0.4, 0.5) is 17.8 Å². The Morgan fingerprint density at radius 3 is 2.06 bits per heavy atom. The van der Waals surface area contributed by atoms with Gasteiger partial charge in [-0.3, -0.25) is 0 Å². The summed E-state index contributed by atoms with van der Waals surface area (Å²) in [4.78, 5) is 18.0. The summed E-state index contributed by atoms with van der Waals surface area (Å²) in [6.45, 7) is 5.52. The monoisotopic (exact) mass is 429 g/mol. The van der Waals surface area contributed by atoms with Crippen molar-refractivity contribution < 1.29 is 18.9 Å². The van der Waals surface area contributed by atoms with Gasteiger partial charge in [0.05, 0.1) is 46.9 Å². The summed E-state index contributed by atoms with van der Waals surface area (Å²) in [6.07, 6.45) is 1.65. The van der Waals surface area contributed by atoms with E-state index in [9.17, 15) is 0 Å². The number of hydrazone groups is 1. The number of rotatable bonds is 7. The first-order valence-corrected chi connectivity index (χ1v) is 10.2. The molecular weight excluding hydrogens is 402 g/mol. The summed E-state index contributed by atoms with van der Waals surface area (Å²) in [6, 6.07) is 5.50. The van der Waals surface area contributed by atoms with Crippen molar-refractivity contribution >= 4 is 24.1 Å². The largest absolute Gasteiger partial charge is 0.497 e. The molecule has 0 radical (unpaired) electrons. The second kappa shape index (κ2) is 10.2. The molecule has 1 aromatic heterocycles. The number of nitrogens with zero attached hydrogens (tertiary/aromatic N) is 6. The third-order valence-corrected chi connectivity index (χ3v) is 5.00. The molecule has 1 N–H and O–H groups in total. The molecular formula is C20H27N7O4. The van der Waals surface area contributed by atoms with Crippen LogP contribution in [-0.4, -0.2) is 88.0 Å². The van der Waals surface area contributed by atoms with E-state index in [0.29, 0.717) is 55.8 Å². The molecule has 11 heteroatoms. The molecule has 0 spiro atoms. The van der Waals surface area contributed by atoms with E-state index in [2.05, 4.69) is 35.3 Å². The van der Waals surface area contributed by atoms with Crippen molar-refractivity contribution in [2.45, 2.75) is 0 Å². The van der Waals surface area contributed by atoms with Gasteiger partial charge in [0, 0.05) is 31.7 Å². The Balaban J connectivity index is 1.57. The second-order valence-corrected chi connectivity index (χ2v) is 6.94. The predicted octanol–water partition coefficient (Wildman–Crippen LogP) is 1.01. The van der Waals surface area contributed by atoms with Gasteiger partial charge in [-0.15, -0.1) is 0 Å². The smallest absolute Gasteiger partial charge is 0.250 e. The third kappa shape index (κ3) is 5.30. The normalized spacial score (nSPS) is 17.1. The zero-order chi connectivity index (χ0) is 21.5. The van der Waals surface area contributed by atoms with Crippen molar-refractivity contribution in [3.63, 3.8) is 0 Å². The van der Waals surface area contributed by atoms with Crippen LogP contribution < -0.4 is 24.7 Å². The molecule has 11 nitrogen and oxygen atoms in total. The lowest BCUT2D eigenvalue weighted by molar-refractivity contribution is 0.121. The maximum absolute atomic E-state index is 5.45. The highest BCUT2D eigenvalue weighted by Gasteiger charge is 2.20. The molecule has 166 valence electrons. The summed E-state index contributed by atoms with van der Waals surface area (Å²) < 4.78 is 21.6. The van der Waals surface area contributed by atoms with E-state index in [1.807, 2.05) is 18.2 Å². The molecule has 0 aliphatic carbocycles. The van der Waals surface area contributed by atoms with E-state index in [0.717, 1.165) is 31.7 Å². The molecule has 2 fully saturated rings. The van der Waals surface area contributed by atoms with Gasteiger partial charge in [0.1, 0.15) is 11.5 Å². The van der Waals surface area contributed by atoms with Crippen LogP contribution in [0.2, 0.25) is 0 Å². The van der Waals surface area contributed by atoms with Crippen LogP contribution >= 0.6 is 0 Å². The van der Waals surface area contributed by atoms with Gasteiger partial charge in [0.2, 0.25) is 17.8 Å². The van der Waals surface area contributed by atoms with Gasteiger partial charge in [-0.05, 0) is 18.2 Å². The first kappa shape index (κ1) is 21.1. The first-order chi connectivity index (χ1) is 15.3. The Bertz CT molecular complexity index is 863. The standard InChI is InChI=1S/C20H27N7O4/c1-28-16-3-4-17(29-2)15(13-16)14-21-25-18-22-19(26-5-9-30-10-6-26)24-20(23-18)27-7-11-31-12-8-27/h3-4,13-14H,5-12H2,1-2H3,(H,22,23,24,25). The zero-order valence-electron chi connectivity index (χ0n) is 17.8. The van der Waals surface area contributed by atoms with Gasteiger partial charge in [-0.2, -0.15) is 20.1 Å². The fraction of sp³-hybridized carbons (Fsp3) is 0.500. The minimum Gasteiger partial charge on any atom is -0.497 e. The number of hydrogen-bond acceptors (Lipinski definition) is 11. The minimum absolute atomic E-state index is 0.371. The van der Waals surface area contributed by atoms with Gasteiger partial charge >= 0.3 is 0 Å². The number of benzene rings is 1. The molecule has 0 atom stereocenters. The van der Waals surface area contributed by atoms with Crippen LogP contribution in [0, 0.1) is 0 Å². The highest BCUT2D eigenvalue weighted by molar-refractivity contribution is 5.84. The van der Waals surface area contributed by atoms with Gasteiger partial charge in [-0.25, -0.2) is 5.43 Å². The van der Waals surface area contributed by atoms with E-state index in [-0.39, 0.29) is 0 Å². The Morgan fingerprint density at radius 2 is 1.52 bits per heavy atom. The van der Waals surface area contributed by atoms with E-state index >= 15 is 0 Å². The lowest BCUT2D eigenvalue weighted by Crippen LogP contribution is -2.40. The molecule has 0 saturated carbocycles. The van der Waals surface area contributed by atoms with Gasteiger partial charge in [0.15, 0.2) is 0 Å². The number of hydrogen-bond donors (Lipinski definition) is 1. The summed E-state index contributed by atoms with van der Waals surface area (Å²) in [5.74, 6) is 2.99.